The number of ketones is 1. The summed E-state index contributed by atoms with van der Waals surface area (Å²) in [6.07, 6.45) is 4.38. The number of ether oxygens (including phenoxy) is 2. The number of likely N-dealkylation sites (N-methyl/N-ethyl adjacent to an activating group) is 3. The summed E-state index contributed by atoms with van der Waals surface area (Å²) in [6.45, 7) is 2.12. The number of nitrogens with two attached hydrogens (primary N) is 2. The van der Waals surface area contributed by atoms with E-state index in [0.717, 1.165) is 44.2 Å². The van der Waals surface area contributed by atoms with Gasteiger partial charge in [0.1, 0.15) is 0 Å². The number of unbranched alkanes of at least 4 members (excludes halogenated alkanes) is 1. The number of rotatable bonds is 9. The van der Waals surface area contributed by atoms with Crippen molar-refractivity contribution in [2.24, 2.45) is 17.4 Å². The normalized spacial score (nSPS) is 27.8. The lowest BCUT2D eigenvalue weighted by atomic mass is 9.52. The summed E-state index contributed by atoms with van der Waals surface area (Å²) >= 11 is 0. The van der Waals surface area contributed by atoms with Crippen LogP contribution in [0.25, 0.3) is 0 Å². The molecule has 10 nitrogen and oxygen atoms in total. The molecular formula is C28H41N5O5. The molecule has 38 heavy (non-hydrogen) atoms. The Labute approximate surface area is 224 Å². The summed E-state index contributed by atoms with van der Waals surface area (Å²) in [6, 6.07) is 3.66. The number of Topliss-reactive ketones (excluding diaryl/α,β-unsaturated/α-hetero) is 1. The number of hydrogen-bond donors (Lipinski definition) is 2. The molecule has 208 valence electrons. The predicted molar refractivity (Wildman–Crippen MR) is 142 cm³/mol. The molecule has 5 rings (SSSR count). The molecule has 0 aromatic heterocycles. The Bertz CT molecular complexity index is 1110. The highest BCUT2D eigenvalue weighted by Crippen LogP contribution is 2.63. The summed E-state index contributed by atoms with van der Waals surface area (Å²) in [4.78, 5) is 44.1. The molecule has 1 spiro atoms. The van der Waals surface area contributed by atoms with E-state index >= 15 is 0 Å². The highest BCUT2D eigenvalue weighted by Gasteiger charge is 2.65. The molecule has 1 saturated carbocycles. The largest absolute Gasteiger partial charge is 0.477 e. The van der Waals surface area contributed by atoms with Gasteiger partial charge >= 0.3 is 6.09 Å². The van der Waals surface area contributed by atoms with Crippen LogP contribution in [0.1, 0.15) is 49.7 Å². The highest BCUT2D eigenvalue weighted by atomic mass is 16.6. The zero-order chi connectivity index (χ0) is 27.2. The van der Waals surface area contributed by atoms with Crippen LogP contribution in [0.15, 0.2) is 12.1 Å². The lowest BCUT2D eigenvalue weighted by molar-refractivity contribution is -0.138. The van der Waals surface area contributed by atoms with Crippen LogP contribution in [0.5, 0.6) is 11.5 Å². The first-order valence-corrected chi connectivity index (χ1v) is 13.9. The lowest BCUT2D eigenvalue weighted by Crippen LogP contribution is -2.65. The molecule has 1 aromatic rings. The highest BCUT2D eigenvalue weighted by molar-refractivity contribution is 5.89. The Morgan fingerprint density at radius 3 is 2.76 bits per heavy atom. The maximum Gasteiger partial charge on any atom is 0.415 e. The molecule has 1 saturated heterocycles. The second kappa shape index (κ2) is 10.5. The zero-order valence-corrected chi connectivity index (χ0v) is 22.8. The number of carbonyl (C=O) groups is 3. The monoisotopic (exact) mass is 527 g/mol. The number of hydrogen-bond acceptors (Lipinski definition) is 8. The fraction of sp³-hybridized carbons (Fsp3) is 0.679. The van der Waals surface area contributed by atoms with Crippen molar-refractivity contribution in [2.75, 3.05) is 47.3 Å². The predicted octanol–water partition coefficient (Wildman–Crippen LogP) is 1.27. The third-order valence-electron chi connectivity index (χ3n) is 9.31. The van der Waals surface area contributed by atoms with E-state index in [9.17, 15) is 14.4 Å². The fourth-order valence-electron chi connectivity index (χ4n) is 7.18. The zero-order valence-electron chi connectivity index (χ0n) is 22.8. The summed E-state index contributed by atoms with van der Waals surface area (Å²) in [7, 11) is 5.50. The van der Waals surface area contributed by atoms with Crippen molar-refractivity contribution in [2.45, 2.75) is 68.5 Å². The van der Waals surface area contributed by atoms with Gasteiger partial charge in [-0.1, -0.05) is 12.5 Å². The van der Waals surface area contributed by atoms with Crippen LogP contribution in [-0.2, 0) is 21.4 Å². The number of carbonyl (C=O) groups excluding carboxylic acids is 3. The second-order valence-electron chi connectivity index (χ2n) is 11.5. The number of piperidine rings is 1. The summed E-state index contributed by atoms with van der Waals surface area (Å²) in [5, 5.41) is 0. The van der Waals surface area contributed by atoms with Crippen LogP contribution in [0, 0.1) is 5.92 Å². The molecule has 4 N–H and O–H groups in total. The van der Waals surface area contributed by atoms with E-state index in [0.29, 0.717) is 55.9 Å². The summed E-state index contributed by atoms with van der Waals surface area (Å²) < 4.78 is 12.2. The summed E-state index contributed by atoms with van der Waals surface area (Å²) in [5.74, 6) is 1.28. The third kappa shape index (κ3) is 4.36. The van der Waals surface area contributed by atoms with E-state index < -0.39 is 18.2 Å². The van der Waals surface area contributed by atoms with Crippen LogP contribution in [0.4, 0.5) is 4.79 Å². The Morgan fingerprint density at radius 2 is 2.00 bits per heavy atom. The van der Waals surface area contributed by atoms with Crippen LogP contribution < -0.4 is 20.9 Å². The molecule has 5 atom stereocenters. The molecule has 2 heterocycles. The SMILES string of the molecule is CN(CCN(C)C(=O)[C@@H](N)CCCCN)C(=O)Oc1ccc2c3c1OC1C(=O)CCC4[C@@H](C2)N(C)CC[C@]314. The molecule has 2 aliphatic carbocycles. The minimum atomic E-state index is -0.575. The molecule has 4 aliphatic rings. The van der Waals surface area contributed by atoms with Crippen LogP contribution in [-0.4, -0.2) is 98.0 Å². The van der Waals surface area contributed by atoms with E-state index in [2.05, 4.69) is 11.9 Å². The number of nitrogens with zero attached hydrogens (tertiary/aromatic N) is 3. The van der Waals surface area contributed by atoms with Gasteiger partial charge in [-0.3, -0.25) is 9.59 Å². The van der Waals surface area contributed by atoms with Gasteiger partial charge in [0.25, 0.3) is 0 Å². The first-order valence-electron chi connectivity index (χ1n) is 13.9. The quantitative estimate of drug-likeness (QED) is 0.459. The van der Waals surface area contributed by atoms with E-state index in [-0.39, 0.29) is 17.1 Å². The van der Waals surface area contributed by atoms with Gasteiger partial charge < -0.3 is 35.6 Å². The van der Waals surface area contributed by atoms with Gasteiger partial charge in [0.05, 0.1) is 6.04 Å². The smallest absolute Gasteiger partial charge is 0.415 e. The van der Waals surface area contributed by atoms with Gasteiger partial charge in [-0.05, 0) is 69.8 Å². The summed E-state index contributed by atoms with van der Waals surface area (Å²) in [5.41, 5.74) is 13.5. The van der Waals surface area contributed by atoms with Gasteiger partial charge in [0.2, 0.25) is 5.91 Å². The minimum absolute atomic E-state index is 0.150. The molecule has 2 bridgehead atoms. The van der Waals surface area contributed by atoms with E-state index in [1.807, 2.05) is 6.07 Å². The number of likely N-dealkylation sites (tertiary alicyclic amines) is 1. The van der Waals surface area contributed by atoms with Crippen molar-refractivity contribution < 1.29 is 23.9 Å². The molecular weight excluding hydrogens is 486 g/mol. The van der Waals surface area contributed by atoms with Crippen molar-refractivity contribution in [1.82, 2.24) is 14.7 Å². The van der Waals surface area contributed by atoms with Crippen LogP contribution in [0.3, 0.4) is 0 Å². The van der Waals surface area contributed by atoms with Crippen molar-refractivity contribution in [3.8, 4) is 11.5 Å². The first-order chi connectivity index (χ1) is 18.2. The Hall–Kier alpha value is -2.69. The molecule has 2 unspecified atom stereocenters. The van der Waals surface area contributed by atoms with E-state index in [1.165, 1.54) is 10.5 Å². The average molecular weight is 528 g/mol. The number of benzene rings is 1. The second-order valence-corrected chi connectivity index (χ2v) is 11.5. The van der Waals surface area contributed by atoms with Crippen molar-refractivity contribution in [1.29, 1.82) is 0 Å². The number of amides is 2. The topological polar surface area (TPSA) is 131 Å². The van der Waals surface area contributed by atoms with E-state index in [1.54, 1.807) is 25.1 Å². The molecule has 10 heteroatoms. The van der Waals surface area contributed by atoms with Crippen LogP contribution >= 0.6 is 0 Å². The van der Waals surface area contributed by atoms with Gasteiger partial charge in [-0.15, -0.1) is 0 Å². The van der Waals surface area contributed by atoms with Crippen molar-refractivity contribution >= 4 is 17.8 Å². The molecule has 2 fully saturated rings. The average Bonchev–Trinajstić information content (AvgIpc) is 3.26. The first kappa shape index (κ1) is 26.9. The molecule has 1 aromatic carbocycles. The molecule has 2 amide bonds. The Balaban J connectivity index is 1.27. The Morgan fingerprint density at radius 1 is 1.24 bits per heavy atom. The third-order valence-corrected chi connectivity index (χ3v) is 9.31. The molecule has 0 radical (unpaired) electrons. The van der Waals surface area contributed by atoms with Crippen molar-refractivity contribution in [3.05, 3.63) is 23.3 Å². The van der Waals surface area contributed by atoms with Gasteiger partial charge in [0.15, 0.2) is 23.4 Å². The van der Waals surface area contributed by atoms with Gasteiger partial charge in [0, 0.05) is 50.6 Å². The maximum absolute atomic E-state index is 13.1. The standard InChI is InChI=1S/C28H41N5O5/c1-31-13-11-28-18-8-9-21(34)25(28)38-24-22(10-7-17(23(24)28)16-20(18)31)37-27(36)33(3)15-14-32(2)26(35)19(30)6-4-5-12-29/h7,10,18-20,25H,4-6,8-9,11-16,29-30H2,1-3H3/t18?,19-,20+,25?,28-/m0/s1. The fourth-order valence-corrected chi connectivity index (χ4v) is 7.18. The van der Waals surface area contributed by atoms with E-state index in [4.69, 9.17) is 20.9 Å². The molecule has 2 aliphatic heterocycles. The Kier molecular flexibility index (Phi) is 7.41. The van der Waals surface area contributed by atoms with Crippen LogP contribution in [0.2, 0.25) is 0 Å². The van der Waals surface area contributed by atoms with Crippen molar-refractivity contribution in [3.63, 3.8) is 0 Å². The maximum atomic E-state index is 13.1. The van der Waals surface area contributed by atoms with Gasteiger partial charge in [-0.2, -0.15) is 0 Å². The van der Waals surface area contributed by atoms with Gasteiger partial charge in [-0.25, -0.2) is 4.79 Å². The lowest BCUT2D eigenvalue weighted by Gasteiger charge is -2.57. The minimum Gasteiger partial charge on any atom is -0.477 e.